The summed E-state index contributed by atoms with van der Waals surface area (Å²) >= 11 is 0. The number of rotatable bonds is 8. The first kappa shape index (κ1) is 14.4. The van der Waals surface area contributed by atoms with Gasteiger partial charge in [0.25, 0.3) is 0 Å². The van der Waals surface area contributed by atoms with Gasteiger partial charge in [-0.3, -0.25) is 10.1 Å². The SMILES string of the molecule is CCNCCCNc1c([N+](=O)[O-])c(C)nn1CC. The van der Waals surface area contributed by atoms with Gasteiger partial charge in [0.05, 0.1) is 4.92 Å². The predicted octanol–water partition coefficient (Wildman–Crippen LogP) is 1.53. The summed E-state index contributed by atoms with van der Waals surface area (Å²) in [4.78, 5) is 10.6. The number of nitrogens with zero attached hydrogens (tertiary/aromatic N) is 3. The van der Waals surface area contributed by atoms with Crippen molar-refractivity contribution in [1.29, 1.82) is 0 Å². The monoisotopic (exact) mass is 255 g/mol. The fourth-order valence-electron chi connectivity index (χ4n) is 1.79. The summed E-state index contributed by atoms with van der Waals surface area (Å²) in [7, 11) is 0. The van der Waals surface area contributed by atoms with Gasteiger partial charge in [-0.2, -0.15) is 5.10 Å². The number of anilines is 1. The summed E-state index contributed by atoms with van der Waals surface area (Å²) in [6.45, 7) is 8.77. The second kappa shape index (κ2) is 6.95. The molecule has 0 aromatic carbocycles. The van der Waals surface area contributed by atoms with E-state index < -0.39 is 0 Å². The summed E-state index contributed by atoms with van der Waals surface area (Å²) < 4.78 is 1.64. The van der Waals surface area contributed by atoms with E-state index in [1.165, 1.54) is 0 Å². The summed E-state index contributed by atoms with van der Waals surface area (Å²) in [6.07, 6.45) is 0.916. The van der Waals surface area contributed by atoms with Crippen LogP contribution in [0, 0.1) is 17.0 Å². The lowest BCUT2D eigenvalue weighted by Crippen LogP contribution is -2.18. The molecular formula is C11H21N5O2. The zero-order valence-electron chi connectivity index (χ0n) is 11.2. The smallest absolute Gasteiger partial charge is 0.333 e. The molecule has 0 radical (unpaired) electrons. The third-order valence-electron chi connectivity index (χ3n) is 2.65. The van der Waals surface area contributed by atoms with Crippen LogP contribution in [0.5, 0.6) is 0 Å². The molecule has 1 aromatic heterocycles. The molecule has 0 amide bonds. The predicted molar refractivity (Wildman–Crippen MR) is 70.9 cm³/mol. The maximum absolute atomic E-state index is 11.0. The average Bonchev–Trinajstić information content (AvgIpc) is 2.65. The van der Waals surface area contributed by atoms with Crippen LogP contribution in [0.15, 0.2) is 0 Å². The third kappa shape index (κ3) is 3.43. The van der Waals surface area contributed by atoms with Crippen LogP contribution in [0.1, 0.15) is 26.0 Å². The fraction of sp³-hybridized carbons (Fsp3) is 0.727. The number of nitro groups is 1. The Morgan fingerprint density at radius 1 is 1.39 bits per heavy atom. The maximum Gasteiger partial charge on any atom is 0.333 e. The summed E-state index contributed by atoms with van der Waals surface area (Å²) in [5, 5.41) is 21.5. The van der Waals surface area contributed by atoms with Gasteiger partial charge in [-0.15, -0.1) is 0 Å². The van der Waals surface area contributed by atoms with E-state index >= 15 is 0 Å². The Bertz CT molecular complexity index is 402. The molecule has 0 unspecified atom stereocenters. The Morgan fingerprint density at radius 2 is 2.11 bits per heavy atom. The Hall–Kier alpha value is -1.63. The van der Waals surface area contributed by atoms with Crippen molar-refractivity contribution in [1.82, 2.24) is 15.1 Å². The lowest BCUT2D eigenvalue weighted by molar-refractivity contribution is -0.384. The van der Waals surface area contributed by atoms with Gasteiger partial charge < -0.3 is 10.6 Å². The Labute approximate surface area is 107 Å². The Kier molecular flexibility index (Phi) is 5.57. The molecule has 0 fully saturated rings. The topological polar surface area (TPSA) is 85.0 Å². The van der Waals surface area contributed by atoms with Crippen molar-refractivity contribution in [2.75, 3.05) is 25.0 Å². The molecule has 0 aliphatic heterocycles. The molecule has 7 heteroatoms. The molecular weight excluding hydrogens is 234 g/mol. The molecule has 0 bridgehead atoms. The highest BCUT2D eigenvalue weighted by Crippen LogP contribution is 2.27. The van der Waals surface area contributed by atoms with E-state index in [1.807, 2.05) is 13.8 Å². The highest BCUT2D eigenvalue weighted by atomic mass is 16.6. The number of hydrogen-bond acceptors (Lipinski definition) is 5. The van der Waals surface area contributed by atoms with E-state index in [2.05, 4.69) is 15.7 Å². The standard InChI is InChI=1S/C11H21N5O2/c1-4-12-7-6-8-13-11-10(16(17)18)9(3)14-15(11)5-2/h12-13H,4-8H2,1-3H3. The molecule has 0 aliphatic carbocycles. The van der Waals surface area contributed by atoms with Crippen LogP contribution in [-0.2, 0) is 6.54 Å². The Morgan fingerprint density at radius 3 is 2.67 bits per heavy atom. The van der Waals surface area contributed by atoms with Gasteiger partial charge in [-0.25, -0.2) is 4.68 Å². The molecule has 0 saturated heterocycles. The highest BCUT2D eigenvalue weighted by Gasteiger charge is 2.24. The molecule has 1 heterocycles. The van der Waals surface area contributed by atoms with Gasteiger partial charge in [0.1, 0.15) is 5.69 Å². The van der Waals surface area contributed by atoms with Gasteiger partial charge in [-0.05, 0) is 33.4 Å². The second-order valence-electron chi connectivity index (χ2n) is 3.99. The van der Waals surface area contributed by atoms with Crippen LogP contribution in [0.3, 0.4) is 0 Å². The van der Waals surface area contributed by atoms with Crippen LogP contribution in [-0.4, -0.2) is 34.3 Å². The number of nitrogens with one attached hydrogen (secondary N) is 2. The van der Waals surface area contributed by atoms with E-state index in [1.54, 1.807) is 11.6 Å². The normalized spacial score (nSPS) is 10.6. The van der Waals surface area contributed by atoms with E-state index in [0.29, 0.717) is 24.6 Å². The minimum absolute atomic E-state index is 0.0836. The largest absolute Gasteiger partial charge is 0.364 e. The van der Waals surface area contributed by atoms with Crippen LogP contribution in [0.2, 0.25) is 0 Å². The van der Waals surface area contributed by atoms with Crippen molar-refractivity contribution in [3.05, 3.63) is 15.8 Å². The minimum atomic E-state index is -0.374. The van der Waals surface area contributed by atoms with Crippen molar-refractivity contribution in [2.24, 2.45) is 0 Å². The Balaban J connectivity index is 2.70. The quantitative estimate of drug-likeness (QED) is 0.418. The van der Waals surface area contributed by atoms with Crippen molar-refractivity contribution in [2.45, 2.75) is 33.7 Å². The summed E-state index contributed by atoms with van der Waals surface area (Å²) in [6, 6.07) is 0. The molecule has 0 aliphatic rings. The van der Waals surface area contributed by atoms with Crippen molar-refractivity contribution >= 4 is 11.5 Å². The number of aryl methyl sites for hydroxylation is 2. The number of aromatic nitrogens is 2. The molecule has 0 saturated carbocycles. The maximum atomic E-state index is 11.0. The minimum Gasteiger partial charge on any atom is -0.364 e. The molecule has 1 rings (SSSR count). The molecule has 7 nitrogen and oxygen atoms in total. The molecule has 0 atom stereocenters. The van der Waals surface area contributed by atoms with Gasteiger partial charge in [0.15, 0.2) is 0 Å². The van der Waals surface area contributed by atoms with E-state index in [9.17, 15) is 10.1 Å². The van der Waals surface area contributed by atoms with Crippen molar-refractivity contribution < 1.29 is 4.92 Å². The second-order valence-corrected chi connectivity index (χ2v) is 3.99. The average molecular weight is 255 g/mol. The van der Waals surface area contributed by atoms with Crippen LogP contribution >= 0.6 is 0 Å². The summed E-state index contributed by atoms with van der Waals surface area (Å²) in [5.41, 5.74) is 0.538. The van der Waals surface area contributed by atoms with E-state index in [4.69, 9.17) is 0 Å². The van der Waals surface area contributed by atoms with Gasteiger partial charge in [0.2, 0.25) is 5.82 Å². The van der Waals surface area contributed by atoms with Gasteiger partial charge in [-0.1, -0.05) is 6.92 Å². The van der Waals surface area contributed by atoms with Crippen molar-refractivity contribution in [3.8, 4) is 0 Å². The van der Waals surface area contributed by atoms with Crippen LogP contribution in [0.25, 0.3) is 0 Å². The third-order valence-corrected chi connectivity index (χ3v) is 2.65. The molecule has 2 N–H and O–H groups in total. The first-order valence-corrected chi connectivity index (χ1v) is 6.28. The lowest BCUT2D eigenvalue weighted by atomic mass is 10.3. The first-order valence-electron chi connectivity index (χ1n) is 6.28. The lowest BCUT2D eigenvalue weighted by Gasteiger charge is -2.07. The summed E-state index contributed by atoms with van der Waals surface area (Å²) in [5.74, 6) is 0.511. The fourth-order valence-corrected chi connectivity index (χ4v) is 1.79. The van der Waals surface area contributed by atoms with Gasteiger partial charge in [0, 0.05) is 13.1 Å². The molecule has 0 spiro atoms. The van der Waals surface area contributed by atoms with E-state index in [-0.39, 0.29) is 10.6 Å². The van der Waals surface area contributed by atoms with Crippen LogP contribution < -0.4 is 10.6 Å². The van der Waals surface area contributed by atoms with Crippen molar-refractivity contribution in [3.63, 3.8) is 0 Å². The molecule has 102 valence electrons. The van der Waals surface area contributed by atoms with E-state index in [0.717, 1.165) is 19.5 Å². The molecule has 1 aromatic rings. The van der Waals surface area contributed by atoms with Gasteiger partial charge >= 0.3 is 5.69 Å². The first-order chi connectivity index (χ1) is 8.61. The highest BCUT2D eigenvalue weighted by molar-refractivity contribution is 5.59. The van der Waals surface area contributed by atoms with Crippen LogP contribution in [0.4, 0.5) is 11.5 Å². The number of hydrogen-bond donors (Lipinski definition) is 2. The zero-order valence-corrected chi connectivity index (χ0v) is 11.2. The molecule has 18 heavy (non-hydrogen) atoms. The zero-order chi connectivity index (χ0) is 13.5.